The van der Waals surface area contributed by atoms with Crippen molar-refractivity contribution in [1.82, 2.24) is 14.9 Å². The third kappa shape index (κ3) is 1.42. The van der Waals surface area contributed by atoms with Crippen molar-refractivity contribution in [3.05, 3.63) is 30.1 Å². The molecule has 2 rings (SSSR count). The maximum absolute atomic E-state index is 4.38. The van der Waals surface area contributed by atoms with Crippen LogP contribution in [0.2, 0.25) is 0 Å². The monoisotopic (exact) mass is 175 g/mol. The van der Waals surface area contributed by atoms with Crippen molar-refractivity contribution in [1.29, 1.82) is 0 Å². The second-order valence-corrected chi connectivity index (χ2v) is 3.22. The Bertz CT molecular complexity index is 417. The fourth-order valence-corrected chi connectivity index (χ4v) is 1.49. The maximum atomic E-state index is 4.38. The molecule has 0 saturated heterocycles. The van der Waals surface area contributed by atoms with Crippen LogP contribution in [0.5, 0.6) is 0 Å². The predicted octanol–water partition coefficient (Wildman–Crippen LogP) is 1.52. The molecule has 0 aliphatic heterocycles. The minimum Gasteiger partial charge on any atom is -0.319 e. The first kappa shape index (κ1) is 8.26. The van der Waals surface area contributed by atoms with Crippen molar-refractivity contribution in [3.8, 4) is 0 Å². The highest BCUT2D eigenvalue weighted by atomic mass is 15.1. The van der Waals surface area contributed by atoms with Crippen LogP contribution in [-0.4, -0.2) is 16.6 Å². The lowest BCUT2D eigenvalue weighted by molar-refractivity contribution is 0.633. The van der Waals surface area contributed by atoms with E-state index in [1.54, 1.807) is 0 Å². The Labute approximate surface area is 77.4 Å². The van der Waals surface area contributed by atoms with Crippen LogP contribution in [0.15, 0.2) is 24.5 Å². The number of aryl methyl sites for hydroxylation is 1. The van der Waals surface area contributed by atoms with Gasteiger partial charge in [-0.3, -0.25) is 0 Å². The summed E-state index contributed by atoms with van der Waals surface area (Å²) >= 11 is 0. The van der Waals surface area contributed by atoms with Crippen LogP contribution < -0.4 is 5.32 Å². The van der Waals surface area contributed by atoms with Crippen LogP contribution >= 0.6 is 0 Å². The molecule has 0 spiro atoms. The summed E-state index contributed by atoms with van der Waals surface area (Å²) in [7, 11) is 1.93. The Hall–Kier alpha value is -1.35. The summed E-state index contributed by atoms with van der Waals surface area (Å²) in [4.78, 5) is 4.38. The number of hydrogen-bond acceptors (Lipinski definition) is 2. The number of nitrogens with zero attached hydrogens (tertiary/aromatic N) is 2. The molecule has 68 valence electrons. The Kier molecular flexibility index (Phi) is 2.02. The Morgan fingerprint density at radius 2 is 2.38 bits per heavy atom. The summed E-state index contributed by atoms with van der Waals surface area (Å²) < 4.78 is 2.09. The smallest absolute Gasteiger partial charge is 0.140 e. The summed E-state index contributed by atoms with van der Waals surface area (Å²) in [5, 5.41) is 4.30. The van der Waals surface area contributed by atoms with E-state index in [1.165, 1.54) is 10.9 Å². The van der Waals surface area contributed by atoms with Crippen molar-refractivity contribution >= 4 is 11.0 Å². The van der Waals surface area contributed by atoms with E-state index in [2.05, 4.69) is 33.9 Å². The fraction of sp³-hybridized carbons (Fsp3) is 0.300. The van der Waals surface area contributed by atoms with Gasteiger partial charge in [-0.15, -0.1) is 0 Å². The maximum Gasteiger partial charge on any atom is 0.140 e. The minimum atomic E-state index is 0.805. The molecule has 0 fully saturated rings. The molecule has 2 heterocycles. The minimum absolute atomic E-state index is 0.805. The Balaban J connectivity index is 2.55. The summed E-state index contributed by atoms with van der Waals surface area (Å²) in [5.41, 5.74) is 2.25. The molecule has 0 saturated carbocycles. The second-order valence-electron chi connectivity index (χ2n) is 3.22. The average Bonchev–Trinajstić information content (AvgIpc) is 2.49. The van der Waals surface area contributed by atoms with E-state index in [4.69, 9.17) is 0 Å². The van der Waals surface area contributed by atoms with E-state index < -0.39 is 0 Å². The molecule has 2 aromatic rings. The predicted molar refractivity (Wildman–Crippen MR) is 53.5 cm³/mol. The van der Waals surface area contributed by atoms with Gasteiger partial charge in [-0.2, -0.15) is 0 Å². The molecule has 3 nitrogen and oxygen atoms in total. The highest BCUT2D eigenvalue weighted by Crippen LogP contribution is 2.13. The fourth-order valence-electron chi connectivity index (χ4n) is 1.49. The van der Waals surface area contributed by atoms with Crippen molar-refractivity contribution < 1.29 is 0 Å². The lowest BCUT2D eigenvalue weighted by Crippen LogP contribution is -2.12. The number of fused-ring (bicyclic) bond motifs is 1. The van der Waals surface area contributed by atoms with Gasteiger partial charge in [0.15, 0.2) is 0 Å². The van der Waals surface area contributed by atoms with Crippen LogP contribution in [0.25, 0.3) is 11.0 Å². The zero-order valence-electron chi connectivity index (χ0n) is 7.91. The van der Waals surface area contributed by atoms with Crippen LogP contribution in [0.1, 0.15) is 5.56 Å². The molecule has 0 amide bonds. The van der Waals surface area contributed by atoms with E-state index in [1.807, 2.05) is 19.4 Å². The first-order chi connectivity index (χ1) is 6.31. The topological polar surface area (TPSA) is 29.9 Å². The van der Waals surface area contributed by atoms with E-state index >= 15 is 0 Å². The molecule has 3 heteroatoms. The normalized spacial score (nSPS) is 10.9. The number of nitrogens with one attached hydrogen (secondary N) is 1. The third-order valence-electron chi connectivity index (χ3n) is 2.07. The van der Waals surface area contributed by atoms with E-state index in [-0.39, 0.29) is 0 Å². The van der Waals surface area contributed by atoms with Crippen molar-refractivity contribution in [2.24, 2.45) is 0 Å². The molecular formula is C10H13N3. The Morgan fingerprint density at radius 3 is 3.15 bits per heavy atom. The summed E-state index contributed by atoms with van der Waals surface area (Å²) in [6.45, 7) is 2.86. The van der Waals surface area contributed by atoms with Gasteiger partial charge in [0.1, 0.15) is 5.65 Å². The van der Waals surface area contributed by atoms with Crippen molar-refractivity contribution in [2.75, 3.05) is 7.05 Å². The summed E-state index contributed by atoms with van der Waals surface area (Å²) in [6, 6.07) is 4.24. The highest BCUT2D eigenvalue weighted by molar-refractivity contribution is 5.76. The SMILES string of the molecule is CNCn1ccc2cc(C)cnc21. The van der Waals surface area contributed by atoms with Gasteiger partial charge in [-0.05, 0) is 31.7 Å². The third-order valence-corrected chi connectivity index (χ3v) is 2.07. The van der Waals surface area contributed by atoms with Gasteiger partial charge in [-0.1, -0.05) is 0 Å². The lowest BCUT2D eigenvalue weighted by Gasteiger charge is -2.02. The molecule has 0 aromatic carbocycles. The summed E-state index contributed by atoms with van der Waals surface area (Å²) in [5.74, 6) is 0. The summed E-state index contributed by atoms with van der Waals surface area (Å²) in [6.07, 6.45) is 3.95. The molecule has 0 aliphatic carbocycles. The molecule has 13 heavy (non-hydrogen) atoms. The zero-order chi connectivity index (χ0) is 9.26. The van der Waals surface area contributed by atoms with Crippen LogP contribution in [-0.2, 0) is 6.67 Å². The van der Waals surface area contributed by atoms with E-state index in [9.17, 15) is 0 Å². The zero-order valence-corrected chi connectivity index (χ0v) is 7.91. The van der Waals surface area contributed by atoms with Crippen molar-refractivity contribution in [2.45, 2.75) is 13.6 Å². The van der Waals surface area contributed by atoms with Crippen molar-refractivity contribution in [3.63, 3.8) is 0 Å². The molecule has 0 unspecified atom stereocenters. The van der Waals surface area contributed by atoms with Gasteiger partial charge in [0.2, 0.25) is 0 Å². The average molecular weight is 175 g/mol. The number of hydrogen-bond donors (Lipinski definition) is 1. The van der Waals surface area contributed by atoms with Gasteiger partial charge in [0.05, 0.1) is 6.67 Å². The molecule has 1 N–H and O–H groups in total. The van der Waals surface area contributed by atoms with E-state index in [0.29, 0.717) is 0 Å². The quantitative estimate of drug-likeness (QED) is 0.750. The van der Waals surface area contributed by atoms with Crippen LogP contribution in [0.4, 0.5) is 0 Å². The molecule has 2 aromatic heterocycles. The molecular weight excluding hydrogens is 162 g/mol. The van der Waals surface area contributed by atoms with Gasteiger partial charge in [0.25, 0.3) is 0 Å². The van der Waals surface area contributed by atoms with Crippen LogP contribution in [0, 0.1) is 6.92 Å². The Morgan fingerprint density at radius 1 is 1.54 bits per heavy atom. The number of pyridine rings is 1. The van der Waals surface area contributed by atoms with Gasteiger partial charge >= 0.3 is 0 Å². The first-order valence-electron chi connectivity index (χ1n) is 4.37. The lowest BCUT2D eigenvalue weighted by atomic mass is 10.2. The molecule has 0 radical (unpaired) electrons. The van der Waals surface area contributed by atoms with Crippen LogP contribution in [0.3, 0.4) is 0 Å². The molecule has 0 atom stereocenters. The first-order valence-corrected chi connectivity index (χ1v) is 4.37. The van der Waals surface area contributed by atoms with E-state index in [0.717, 1.165) is 12.3 Å². The molecule has 0 bridgehead atoms. The standard InChI is InChI=1S/C10H13N3/c1-8-5-9-3-4-13(7-11-2)10(9)12-6-8/h3-6,11H,7H2,1-2H3. The second kappa shape index (κ2) is 3.18. The van der Waals surface area contributed by atoms with Gasteiger partial charge in [-0.25, -0.2) is 4.98 Å². The molecule has 0 aliphatic rings. The van der Waals surface area contributed by atoms with Gasteiger partial charge < -0.3 is 9.88 Å². The number of aromatic nitrogens is 2. The van der Waals surface area contributed by atoms with Gasteiger partial charge in [0, 0.05) is 17.8 Å². The largest absolute Gasteiger partial charge is 0.319 e. The number of rotatable bonds is 2. The highest BCUT2D eigenvalue weighted by Gasteiger charge is 2.00.